The molecule has 1 atom stereocenters. The lowest BCUT2D eigenvalue weighted by Crippen LogP contribution is -2.33. The van der Waals surface area contributed by atoms with Crippen molar-refractivity contribution >= 4 is 5.91 Å². The van der Waals surface area contributed by atoms with E-state index in [9.17, 15) is 4.79 Å². The number of rotatable bonds is 6. The van der Waals surface area contributed by atoms with E-state index in [1.54, 1.807) is 7.11 Å². The van der Waals surface area contributed by atoms with Gasteiger partial charge in [-0.1, -0.05) is 42.5 Å². The van der Waals surface area contributed by atoms with Crippen LogP contribution >= 0.6 is 0 Å². The van der Waals surface area contributed by atoms with E-state index in [2.05, 4.69) is 35.2 Å². The van der Waals surface area contributed by atoms with Gasteiger partial charge in [0, 0.05) is 24.6 Å². The van der Waals surface area contributed by atoms with Gasteiger partial charge >= 0.3 is 0 Å². The Morgan fingerprint density at radius 1 is 1.08 bits per heavy atom. The Morgan fingerprint density at radius 3 is 2.64 bits per heavy atom. The van der Waals surface area contributed by atoms with Gasteiger partial charge in [0.2, 0.25) is 5.91 Å². The van der Waals surface area contributed by atoms with Crippen molar-refractivity contribution in [3.05, 3.63) is 65.2 Å². The molecular weight excluding hydrogens is 310 g/mol. The first-order chi connectivity index (χ1) is 12.3. The third-order valence-corrected chi connectivity index (χ3v) is 5.52. The number of hydrogen-bond acceptors (Lipinski definition) is 2. The number of para-hydroxylation sites is 1. The van der Waals surface area contributed by atoms with Crippen LogP contribution in [-0.2, 0) is 17.8 Å². The van der Waals surface area contributed by atoms with Crippen molar-refractivity contribution in [2.45, 2.75) is 50.6 Å². The monoisotopic (exact) mass is 335 g/mol. The highest BCUT2D eigenvalue weighted by molar-refractivity contribution is 5.78. The molecule has 130 valence electrons. The summed E-state index contributed by atoms with van der Waals surface area (Å²) in [5.74, 6) is 1.53. The molecule has 2 aromatic carbocycles. The summed E-state index contributed by atoms with van der Waals surface area (Å²) in [6.45, 7) is 0.655. The molecule has 1 fully saturated rings. The summed E-state index contributed by atoms with van der Waals surface area (Å²) < 4.78 is 5.47. The van der Waals surface area contributed by atoms with Gasteiger partial charge in [-0.15, -0.1) is 0 Å². The number of carbonyl (C=O) groups is 1. The fourth-order valence-corrected chi connectivity index (χ4v) is 4.01. The van der Waals surface area contributed by atoms with Gasteiger partial charge in [-0.25, -0.2) is 0 Å². The average molecular weight is 335 g/mol. The van der Waals surface area contributed by atoms with Crippen molar-refractivity contribution < 1.29 is 9.53 Å². The number of nitrogens with zero attached hydrogens (tertiary/aromatic N) is 1. The van der Waals surface area contributed by atoms with Crippen molar-refractivity contribution in [3.8, 4) is 5.75 Å². The molecule has 0 radical (unpaired) electrons. The average Bonchev–Trinajstić information content (AvgIpc) is 3.41. The largest absolute Gasteiger partial charge is 0.496 e. The van der Waals surface area contributed by atoms with E-state index < -0.39 is 0 Å². The van der Waals surface area contributed by atoms with Crippen molar-refractivity contribution in [1.29, 1.82) is 0 Å². The first kappa shape index (κ1) is 16.2. The molecule has 2 aliphatic rings. The topological polar surface area (TPSA) is 29.5 Å². The molecule has 0 saturated heterocycles. The standard InChI is InChI=1S/C22H25NO2/c1-25-21-9-5-3-7-18(21)15-23(19-12-13-19)22(24)14-17-11-10-16-6-2-4-8-20(16)17/h2-9,17,19H,10-15H2,1H3. The van der Waals surface area contributed by atoms with Gasteiger partial charge < -0.3 is 9.64 Å². The zero-order valence-corrected chi connectivity index (χ0v) is 14.8. The smallest absolute Gasteiger partial charge is 0.223 e. The minimum absolute atomic E-state index is 0.287. The van der Waals surface area contributed by atoms with Crippen molar-refractivity contribution in [1.82, 2.24) is 4.90 Å². The predicted octanol–water partition coefficient (Wildman–Crippen LogP) is 4.31. The molecule has 0 bridgehead atoms. The summed E-state index contributed by atoms with van der Waals surface area (Å²) in [6.07, 6.45) is 5.08. The van der Waals surface area contributed by atoms with Crippen LogP contribution in [0.25, 0.3) is 0 Å². The Hall–Kier alpha value is -2.29. The molecule has 0 aromatic heterocycles. The number of ether oxygens (including phenoxy) is 1. The molecule has 3 heteroatoms. The van der Waals surface area contributed by atoms with E-state index in [0.717, 1.165) is 37.0 Å². The predicted molar refractivity (Wildman–Crippen MR) is 98.7 cm³/mol. The van der Waals surface area contributed by atoms with E-state index in [4.69, 9.17) is 4.74 Å². The lowest BCUT2D eigenvalue weighted by Gasteiger charge is -2.25. The van der Waals surface area contributed by atoms with Gasteiger partial charge in [0.25, 0.3) is 0 Å². The summed E-state index contributed by atoms with van der Waals surface area (Å²) in [6, 6.07) is 17.0. The van der Waals surface area contributed by atoms with Gasteiger partial charge in [-0.05, 0) is 48.8 Å². The quantitative estimate of drug-likeness (QED) is 0.787. The van der Waals surface area contributed by atoms with Crippen LogP contribution < -0.4 is 4.74 Å². The Balaban J connectivity index is 1.49. The van der Waals surface area contributed by atoms with Crippen LogP contribution in [0.4, 0.5) is 0 Å². The zero-order chi connectivity index (χ0) is 17.2. The molecule has 2 aromatic rings. The molecule has 3 nitrogen and oxygen atoms in total. The van der Waals surface area contributed by atoms with Crippen molar-refractivity contribution in [2.24, 2.45) is 0 Å². The van der Waals surface area contributed by atoms with Crippen LogP contribution in [0.3, 0.4) is 0 Å². The van der Waals surface area contributed by atoms with Crippen LogP contribution in [0.15, 0.2) is 48.5 Å². The lowest BCUT2D eigenvalue weighted by atomic mass is 9.97. The number of amides is 1. The lowest BCUT2D eigenvalue weighted by molar-refractivity contribution is -0.132. The number of benzene rings is 2. The summed E-state index contributed by atoms with van der Waals surface area (Å²) in [5.41, 5.74) is 3.89. The molecule has 25 heavy (non-hydrogen) atoms. The van der Waals surface area contributed by atoms with Crippen LogP contribution in [0.5, 0.6) is 5.75 Å². The number of aryl methyl sites for hydroxylation is 1. The SMILES string of the molecule is COc1ccccc1CN(C(=O)CC1CCc2ccccc21)C1CC1. The van der Waals surface area contributed by atoms with E-state index in [-0.39, 0.29) is 5.91 Å². The second-order valence-corrected chi connectivity index (χ2v) is 7.20. The first-order valence-electron chi connectivity index (χ1n) is 9.25. The third-order valence-electron chi connectivity index (χ3n) is 5.52. The highest BCUT2D eigenvalue weighted by atomic mass is 16.5. The van der Waals surface area contributed by atoms with Crippen molar-refractivity contribution in [2.75, 3.05) is 7.11 Å². The molecule has 1 unspecified atom stereocenters. The van der Waals surface area contributed by atoms with Crippen LogP contribution in [-0.4, -0.2) is 24.0 Å². The van der Waals surface area contributed by atoms with Gasteiger partial charge in [0.1, 0.15) is 5.75 Å². The molecule has 0 spiro atoms. The fourth-order valence-electron chi connectivity index (χ4n) is 4.01. The molecule has 4 rings (SSSR count). The van der Waals surface area contributed by atoms with Gasteiger partial charge in [-0.2, -0.15) is 0 Å². The number of carbonyl (C=O) groups excluding carboxylic acids is 1. The van der Waals surface area contributed by atoms with E-state index in [1.165, 1.54) is 11.1 Å². The maximum atomic E-state index is 13.1. The number of fused-ring (bicyclic) bond motifs is 1. The fraction of sp³-hybridized carbons (Fsp3) is 0.409. The zero-order valence-electron chi connectivity index (χ0n) is 14.8. The summed E-state index contributed by atoms with van der Waals surface area (Å²) in [7, 11) is 1.69. The van der Waals surface area contributed by atoms with Crippen LogP contribution in [0.1, 0.15) is 48.3 Å². The summed E-state index contributed by atoms with van der Waals surface area (Å²) >= 11 is 0. The second kappa shape index (κ2) is 6.91. The van der Waals surface area contributed by atoms with Crippen molar-refractivity contribution in [3.63, 3.8) is 0 Å². The van der Waals surface area contributed by atoms with E-state index in [1.807, 2.05) is 18.2 Å². The maximum absolute atomic E-state index is 13.1. The molecule has 2 aliphatic carbocycles. The molecular formula is C22H25NO2. The molecule has 1 saturated carbocycles. The molecule has 1 amide bonds. The van der Waals surface area contributed by atoms with Crippen LogP contribution in [0.2, 0.25) is 0 Å². The Labute approximate surface area is 149 Å². The van der Waals surface area contributed by atoms with E-state index in [0.29, 0.717) is 24.9 Å². The van der Waals surface area contributed by atoms with E-state index >= 15 is 0 Å². The molecule has 0 heterocycles. The highest BCUT2D eigenvalue weighted by Crippen LogP contribution is 2.37. The third kappa shape index (κ3) is 3.41. The first-order valence-corrected chi connectivity index (χ1v) is 9.25. The number of methoxy groups -OCH3 is 1. The molecule has 0 N–H and O–H groups in total. The van der Waals surface area contributed by atoms with Gasteiger partial charge in [-0.3, -0.25) is 4.79 Å². The molecule has 0 aliphatic heterocycles. The minimum atomic E-state index is 0.287. The normalized spacial score (nSPS) is 18.7. The summed E-state index contributed by atoms with van der Waals surface area (Å²) in [5, 5.41) is 0. The second-order valence-electron chi connectivity index (χ2n) is 7.20. The maximum Gasteiger partial charge on any atom is 0.223 e. The minimum Gasteiger partial charge on any atom is -0.496 e. The van der Waals surface area contributed by atoms with Crippen LogP contribution in [0, 0.1) is 0 Å². The number of hydrogen-bond donors (Lipinski definition) is 0. The summed E-state index contributed by atoms with van der Waals surface area (Å²) in [4.78, 5) is 15.2. The highest BCUT2D eigenvalue weighted by Gasteiger charge is 2.35. The van der Waals surface area contributed by atoms with Gasteiger partial charge in [0.05, 0.1) is 7.11 Å². The Bertz CT molecular complexity index is 766. The van der Waals surface area contributed by atoms with Gasteiger partial charge in [0.15, 0.2) is 0 Å². The Kier molecular flexibility index (Phi) is 4.48. The Morgan fingerprint density at radius 2 is 1.84 bits per heavy atom.